The number of hydrogen-bond acceptors (Lipinski definition) is 5. The number of piperidine rings is 1. The van der Waals surface area contributed by atoms with E-state index in [9.17, 15) is 4.79 Å². The van der Waals surface area contributed by atoms with Crippen molar-refractivity contribution in [3.05, 3.63) is 59.6 Å². The van der Waals surface area contributed by atoms with E-state index in [1.54, 1.807) is 0 Å². The second-order valence-corrected chi connectivity index (χ2v) is 9.45. The molecule has 0 aliphatic carbocycles. The number of carbonyl (C=O) groups excluding carboxylic acids is 1. The molecule has 2 aromatic carbocycles. The number of para-hydroxylation sites is 2. The minimum Gasteiger partial charge on any atom is -0.339 e. The van der Waals surface area contributed by atoms with Gasteiger partial charge in [-0.15, -0.1) is 11.3 Å². The summed E-state index contributed by atoms with van der Waals surface area (Å²) in [6, 6.07) is 18.7. The minimum absolute atomic E-state index is 0.196. The van der Waals surface area contributed by atoms with Gasteiger partial charge in [0, 0.05) is 18.8 Å². The molecule has 2 saturated heterocycles. The maximum absolute atomic E-state index is 12.8. The second-order valence-electron chi connectivity index (χ2n) is 8.33. The van der Waals surface area contributed by atoms with Crippen molar-refractivity contribution in [2.24, 2.45) is 0 Å². The van der Waals surface area contributed by atoms with Crippen LogP contribution in [0.2, 0.25) is 0 Å². The number of amides is 1. The fourth-order valence-electron chi connectivity index (χ4n) is 4.82. The number of thiazole rings is 1. The van der Waals surface area contributed by atoms with Crippen LogP contribution >= 0.6 is 11.3 Å². The van der Waals surface area contributed by atoms with Gasteiger partial charge in [0.1, 0.15) is 5.54 Å². The van der Waals surface area contributed by atoms with Gasteiger partial charge in [-0.3, -0.25) is 4.79 Å². The molecule has 1 aromatic heterocycles. The number of aromatic nitrogens is 1. The topological polar surface area (TPSA) is 48.5 Å². The van der Waals surface area contributed by atoms with Crippen molar-refractivity contribution in [2.75, 3.05) is 31.2 Å². The van der Waals surface area contributed by atoms with Crippen LogP contribution in [0.3, 0.4) is 0 Å². The first kappa shape index (κ1) is 19.5. The highest BCUT2D eigenvalue weighted by molar-refractivity contribution is 7.18. The Labute approximate surface area is 181 Å². The highest BCUT2D eigenvalue weighted by atomic mass is 32.1. The summed E-state index contributed by atoms with van der Waals surface area (Å²) < 4.78 is 1.28. The number of carbonyl (C=O) groups is 1. The number of rotatable bonds is 6. The molecule has 5 nitrogen and oxygen atoms in total. The molecule has 0 atom stereocenters. The maximum atomic E-state index is 12.8. The fraction of sp³-hybridized carbons (Fsp3) is 0.417. The van der Waals surface area contributed by atoms with Gasteiger partial charge in [-0.25, -0.2) is 4.98 Å². The molecule has 1 amide bonds. The van der Waals surface area contributed by atoms with E-state index in [0.29, 0.717) is 6.67 Å². The van der Waals surface area contributed by atoms with Crippen molar-refractivity contribution in [1.29, 1.82) is 0 Å². The Morgan fingerprint density at radius 1 is 1.00 bits per heavy atom. The van der Waals surface area contributed by atoms with Crippen LogP contribution in [0, 0.1) is 0 Å². The van der Waals surface area contributed by atoms with Gasteiger partial charge >= 0.3 is 0 Å². The Bertz CT molecular complexity index is 977. The van der Waals surface area contributed by atoms with Crippen molar-refractivity contribution < 1.29 is 4.79 Å². The molecule has 2 fully saturated rings. The summed E-state index contributed by atoms with van der Waals surface area (Å²) in [6.45, 7) is 3.69. The molecule has 3 aromatic rings. The molecule has 3 heterocycles. The van der Waals surface area contributed by atoms with Crippen LogP contribution in [0.4, 0.5) is 5.69 Å². The van der Waals surface area contributed by atoms with Gasteiger partial charge < -0.3 is 15.1 Å². The number of anilines is 1. The summed E-state index contributed by atoms with van der Waals surface area (Å²) in [5.74, 6) is 0.196. The van der Waals surface area contributed by atoms with Crippen LogP contribution in [-0.2, 0) is 11.2 Å². The predicted molar refractivity (Wildman–Crippen MR) is 123 cm³/mol. The third-order valence-corrected chi connectivity index (χ3v) is 7.64. The lowest BCUT2D eigenvalue weighted by atomic mass is 9.85. The summed E-state index contributed by atoms with van der Waals surface area (Å²) in [5, 5.41) is 4.33. The van der Waals surface area contributed by atoms with Crippen LogP contribution in [0.25, 0.3) is 10.2 Å². The van der Waals surface area contributed by atoms with Gasteiger partial charge in [0.2, 0.25) is 5.91 Å². The molecule has 2 aliphatic rings. The second kappa shape index (κ2) is 8.36. The third kappa shape index (κ3) is 3.70. The summed E-state index contributed by atoms with van der Waals surface area (Å²) in [7, 11) is 0. The highest BCUT2D eigenvalue weighted by Gasteiger charge is 2.50. The van der Waals surface area contributed by atoms with Gasteiger partial charge in [-0.05, 0) is 62.9 Å². The zero-order valence-electron chi connectivity index (χ0n) is 17.2. The zero-order valence-corrected chi connectivity index (χ0v) is 18.0. The van der Waals surface area contributed by atoms with Crippen molar-refractivity contribution in [3.63, 3.8) is 0 Å². The summed E-state index contributed by atoms with van der Waals surface area (Å²) in [4.78, 5) is 22.3. The van der Waals surface area contributed by atoms with E-state index in [0.717, 1.165) is 56.5 Å². The van der Waals surface area contributed by atoms with Crippen LogP contribution in [0.15, 0.2) is 54.6 Å². The number of fused-ring (bicyclic) bond motifs is 1. The molecule has 0 radical (unpaired) electrons. The van der Waals surface area contributed by atoms with Gasteiger partial charge in [-0.2, -0.15) is 0 Å². The molecule has 2 aliphatic heterocycles. The maximum Gasteiger partial charge on any atom is 0.247 e. The van der Waals surface area contributed by atoms with Crippen molar-refractivity contribution in [1.82, 2.24) is 15.2 Å². The molecular weight excluding hydrogens is 392 g/mol. The number of aryl methyl sites for hydroxylation is 1. The number of unbranched alkanes of at least 4 members (excludes halogenated alkanes) is 1. The first-order valence-corrected chi connectivity index (χ1v) is 11.7. The third-order valence-electron chi connectivity index (χ3n) is 6.54. The van der Waals surface area contributed by atoms with E-state index in [1.165, 1.54) is 16.1 Å². The molecule has 156 valence electrons. The monoisotopic (exact) mass is 420 g/mol. The van der Waals surface area contributed by atoms with E-state index in [1.807, 2.05) is 29.5 Å². The summed E-state index contributed by atoms with van der Waals surface area (Å²) in [6.07, 6.45) is 5.19. The van der Waals surface area contributed by atoms with Gasteiger partial charge in [0.05, 0.1) is 21.9 Å². The van der Waals surface area contributed by atoms with Gasteiger partial charge in [-0.1, -0.05) is 30.3 Å². The van der Waals surface area contributed by atoms with Gasteiger partial charge in [0.15, 0.2) is 0 Å². The van der Waals surface area contributed by atoms with E-state index >= 15 is 0 Å². The van der Waals surface area contributed by atoms with E-state index in [-0.39, 0.29) is 11.4 Å². The highest BCUT2D eigenvalue weighted by Crippen LogP contribution is 2.36. The number of nitrogens with one attached hydrogen (secondary N) is 1. The molecule has 5 rings (SSSR count). The molecule has 0 bridgehead atoms. The molecule has 30 heavy (non-hydrogen) atoms. The van der Waals surface area contributed by atoms with Crippen LogP contribution in [0.1, 0.15) is 30.7 Å². The van der Waals surface area contributed by atoms with E-state index in [4.69, 9.17) is 4.98 Å². The first-order chi connectivity index (χ1) is 14.7. The standard InChI is InChI=1S/C24H28N4OS/c29-23-24(28(18-25-23)19-8-2-1-3-9-19)13-16-27(17-14-24)15-7-6-12-22-26-20-10-4-5-11-21(20)30-22/h1-5,8-11H,6-7,12-18H2,(H,25,29). The summed E-state index contributed by atoms with van der Waals surface area (Å²) >= 11 is 1.82. The first-order valence-electron chi connectivity index (χ1n) is 10.9. The average Bonchev–Trinajstić information content (AvgIpc) is 3.34. The Kier molecular flexibility index (Phi) is 5.44. The van der Waals surface area contributed by atoms with Gasteiger partial charge in [0.25, 0.3) is 0 Å². The SMILES string of the molecule is O=C1NCN(c2ccccc2)C12CCN(CCCCc1nc3ccccc3s1)CC2. The summed E-state index contributed by atoms with van der Waals surface area (Å²) in [5.41, 5.74) is 1.88. The quantitative estimate of drug-likeness (QED) is 0.611. The largest absolute Gasteiger partial charge is 0.339 e. The van der Waals surface area contributed by atoms with E-state index in [2.05, 4.69) is 51.5 Å². The fourth-order valence-corrected chi connectivity index (χ4v) is 5.83. The van der Waals surface area contributed by atoms with E-state index < -0.39 is 0 Å². The van der Waals surface area contributed by atoms with Crippen LogP contribution in [-0.4, -0.2) is 47.6 Å². The molecule has 1 spiro atoms. The predicted octanol–water partition coefficient (Wildman–Crippen LogP) is 4.05. The zero-order chi connectivity index (χ0) is 20.4. The number of nitrogens with zero attached hydrogens (tertiary/aromatic N) is 3. The molecule has 6 heteroatoms. The van der Waals surface area contributed by atoms with Crippen molar-refractivity contribution >= 4 is 33.1 Å². The molecular formula is C24H28N4OS. The molecule has 1 N–H and O–H groups in total. The average molecular weight is 421 g/mol. The Hall–Kier alpha value is -2.44. The molecule has 0 unspecified atom stereocenters. The Morgan fingerprint density at radius 2 is 1.77 bits per heavy atom. The van der Waals surface area contributed by atoms with Crippen molar-refractivity contribution in [2.45, 2.75) is 37.6 Å². The lowest BCUT2D eigenvalue weighted by molar-refractivity contribution is -0.125. The molecule has 0 saturated carbocycles. The normalized spacial score (nSPS) is 18.9. The lowest BCUT2D eigenvalue weighted by Gasteiger charge is -2.43. The lowest BCUT2D eigenvalue weighted by Crippen LogP contribution is -2.56. The van der Waals surface area contributed by atoms with Crippen LogP contribution < -0.4 is 10.2 Å². The minimum atomic E-state index is -0.376. The number of hydrogen-bond donors (Lipinski definition) is 1. The number of likely N-dealkylation sites (tertiary alicyclic amines) is 1. The van der Waals surface area contributed by atoms with Crippen molar-refractivity contribution in [3.8, 4) is 0 Å². The Morgan fingerprint density at radius 3 is 2.57 bits per heavy atom. The number of benzene rings is 2. The Balaban J connectivity index is 1.13. The van der Waals surface area contributed by atoms with Crippen LogP contribution in [0.5, 0.6) is 0 Å². The smallest absolute Gasteiger partial charge is 0.247 e.